The lowest BCUT2D eigenvalue weighted by atomic mass is 9.97. The van der Waals surface area contributed by atoms with Crippen LogP contribution < -0.4 is 4.74 Å². The first kappa shape index (κ1) is 17.2. The molecule has 1 atom stereocenters. The normalized spacial score (nSPS) is 12.0. The van der Waals surface area contributed by atoms with E-state index in [1.54, 1.807) is 0 Å². The number of allylic oxidation sites excluding steroid dienone is 2. The van der Waals surface area contributed by atoms with Gasteiger partial charge in [0.1, 0.15) is 12.4 Å². The minimum atomic E-state index is 0.484. The number of rotatable bonds is 6. The van der Waals surface area contributed by atoms with E-state index in [1.807, 2.05) is 24.3 Å². The van der Waals surface area contributed by atoms with Gasteiger partial charge in [-0.2, -0.15) is 0 Å². The van der Waals surface area contributed by atoms with Crippen molar-refractivity contribution < 1.29 is 4.74 Å². The van der Waals surface area contributed by atoms with Crippen LogP contribution in [-0.4, -0.2) is 4.98 Å². The van der Waals surface area contributed by atoms with Gasteiger partial charge in [-0.3, -0.25) is 0 Å². The minimum Gasteiger partial charge on any atom is -0.487 e. The van der Waals surface area contributed by atoms with Crippen LogP contribution in [0, 0.1) is 0 Å². The van der Waals surface area contributed by atoms with E-state index in [4.69, 9.17) is 4.74 Å². The highest BCUT2D eigenvalue weighted by atomic mass is 16.5. The third-order valence-electron chi connectivity index (χ3n) is 4.37. The molecule has 0 saturated carbocycles. The monoisotopic (exact) mass is 331 g/mol. The minimum absolute atomic E-state index is 0.484. The van der Waals surface area contributed by atoms with E-state index in [0.717, 1.165) is 28.8 Å². The third-order valence-corrected chi connectivity index (χ3v) is 4.37. The first-order chi connectivity index (χ1) is 12.1. The molecule has 128 valence electrons. The lowest BCUT2D eigenvalue weighted by Gasteiger charge is -2.11. The SMILES string of the molecule is CC(C)=CCC(C)c1ccc(OCc2ccc3ccccc3n2)cc1. The number of hydrogen-bond donors (Lipinski definition) is 0. The molecule has 0 N–H and O–H groups in total. The molecule has 1 aromatic heterocycles. The predicted octanol–water partition coefficient (Wildman–Crippen LogP) is 6.27. The zero-order chi connectivity index (χ0) is 17.6. The molecule has 2 aromatic carbocycles. The first-order valence-electron chi connectivity index (χ1n) is 8.82. The number of hydrogen-bond acceptors (Lipinski definition) is 2. The Balaban J connectivity index is 1.62. The molecule has 0 bridgehead atoms. The molecule has 0 aliphatic carbocycles. The third kappa shape index (κ3) is 4.69. The van der Waals surface area contributed by atoms with Crippen molar-refractivity contribution in [2.75, 3.05) is 0 Å². The number of pyridine rings is 1. The number of benzene rings is 2. The Hall–Kier alpha value is -2.61. The smallest absolute Gasteiger partial charge is 0.130 e. The highest BCUT2D eigenvalue weighted by molar-refractivity contribution is 5.78. The van der Waals surface area contributed by atoms with E-state index in [-0.39, 0.29) is 0 Å². The molecule has 0 radical (unpaired) electrons. The van der Waals surface area contributed by atoms with Gasteiger partial charge >= 0.3 is 0 Å². The van der Waals surface area contributed by atoms with Crippen molar-refractivity contribution in [3.63, 3.8) is 0 Å². The van der Waals surface area contributed by atoms with Crippen LogP contribution in [0.25, 0.3) is 10.9 Å². The fourth-order valence-corrected chi connectivity index (χ4v) is 2.79. The van der Waals surface area contributed by atoms with Crippen LogP contribution in [0.15, 0.2) is 72.3 Å². The molecule has 1 unspecified atom stereocenters. The highest BCUT2D eigenvalue weighted by Crippen LogP contribution is 2.23. The van der Waals surface area contributed by atoms with Gasteiger partial charge in [0.25, 0.3) is 0 Å². The summed E-state index contributed by atoms with van der Waals surface area (Å²) in [6.45, 7) is 7.03. The number of aromatic nitrogens is 1. The highest BCUT2D eigenvalue weighted by Gasteiger charge is 2.05. The van der Waals surface area contributed by atoms with Crippen LogP contribution in [0.1, 0.15) is 44.4 Å². The molecule has 0 aliphatic rings. The van der Waals surface area contributed by atoms with Crippen molar-refractivity contribution >= 4 is 10.9 Å². The average molecular weight is 331 g/mol. The Morgan fingerprint density at radius 1 is 1.00 bits per heavy atom. The van der Waals surface area contributed by atoms with Gasteiger partial charge < -0.3 is 4.74 Å². The van der Waals surface area contributed by atoms with Crippen molar-refractivity contribution in [2.24, 2.45) is 0 Å². The maximum Gasteiger partial charge on any atom is 0.130 e. The second-order valence-corrected chi connectivity index (χ2v) is 6.77. The van der Waals surface area contributed by atoms with E-state index >= 15 is 0 Å². The van der Waals surface area contributed by atoms with Gasteiger partial charge in [0.15, 0.2) is 0 Å². The molecule has 0 saturated heterocycles. The van der Waals surface area contributed by atoms with Crippen LogP contribution in [0.4, 0.5) is 0 Å². The lowest BCUT2D eigenvalue weighted by molar-refractivity contribution is 0.301. The number of nitrogens with zero attached hydrogens (tertiary/aromatic N) is 1. The van der Waals surface area contributed by atoms with Gasteiger partial charge in [0, 0.05) is 5.39 Å². The second kappa shape index (κ2) is 7.98. The Kier molecular flexibility index (Phi) is 5.49. The summed E-state index contributed by atoms with van der Waals surface area (Å²) < 4.78 is 5.90. The van der Waals surface area contributed by atoms with Crippen LogP contribution in [-0.2, 0) is 6.61 Å². The molecule has 0 spiro atoms. The maximum absolute atomic E-state index is 5.90. The Morgan fingerprint density at radius 3 is 2.52 bits per heavy atom. The summed E-state index contributed by atoms with van der Waals surface area (Å²) >= 11 is 0. The van der Waals surface area contributed by atoms with Crippen molar-refractivity contribution in [3.8, 4) is 5.75 Å². The topological polar surface area (TPSA) is 22.1 Å². The quantitative estimate of drug-likeness (QED) is 0.496. The molecule has 3 aromatic rings. The maximum atomic E-state index is 5.90. The fourth-order valence-electron chi connectivity index (χ4n) is 2.79. The first-order valence-corrected chi connectivity index (χ1v) is 8.82. The van der Waals surface area contributed by atoms with Crippen LogP contribution in [0.5, 0.6) is 5.75 Å². The van der Waals surface area contributed by atoms with Crippen LogP contribution in [0.2, 0.25) is 0 Å². The molecule has 0 aliphatic heterocycles. The zero-order valence-electron chi connectivity index (χ0n) is 15.2. The van der Waals surface area contributed by atoms with Crippen molar-refractivity contribution in [1.82, 2.24) is 4.98 Å². The van der Waals surface area contributed by atoms with Crippen LogP contribution in [0.3, 0.4) is 0 Å². The van der Waals surface area contributed by atoms with Crippen molar-refractivity contribution in [2.45, 2.75) is 39.7 Å². The van der Waals surface area contributed by atoms with E-state index in [1.165, 1.54) is 11.1 Å². The lowest BCUT2D eigenvalue weighted by Crippen LogP contribution is -1.99. The molecule has 2 nitrogen and oxygen atoms in total. The summed E-state index contributed by atoms with van der Waals surface area (Å²) in [5.41, 5.74) is 4.66. The molecular weight excluding hydrogens is 306 g/mol. The van der Waals surface area contributed by atoms with Gasteiger partial charge in [0.2, 0.25) is 0 Å². The average Bonchev–Trinajstić information content (AvgIpc) is 2.64. The fraction of sp³-hybridized carbons (Fsp3) is 0.261. The molecular formula is C23H25NO. The van der Waals surface area contributed by atoms with Crippen LogP contribution >= 0.6 is 0 Å². The number of para-hydroxylation sites is 1. The van der Waals surface area contributed by atoms with E-state index < -0.39 is 0 Å². The molecule has 0 fully saturated rings. The van der Waals surface area contributed by atoms with Gasteiger partial charge in [-0.25, -0.2) is 4.98 Å². The molecule has 25 heavy (non-hydrogen) atoms. The second-order valence-electron chi connectivity index (χ2n) is 6.77. The molecule has 1 heterocycles. The number of ether oxygens (including phenoxy) is 1. The van der Waals surface area contributed by atoms with E-state index in [0.29, 0.717) is 12.5 Å². The largest absolute Gasteiger partial charge is 0.487 e. The van der Waals surface area contributed by atoms with E-state index in [2.05, 4.69) is 68.2 Å². The molecule has 3 rings (SSSR count). The van der Waals surface area contributed by atoms with Gasteiger partial charge in [-0.1, -0.05) is 55.0 Å². The Bertz CT molecular complexity index is 861. The zero-order valence-corrected chi connectivity index (χ0v) is 15.2. The predicted molar refractivity (Wildman–Crippen MR) is 105 cm³/mol. The summed E-state index contributed by atoms with van der Waals surface area (Å²) in [5.74, 6) is 1.40. The van der Waals surface area contributed by atoms with Crippen molar-refractivity contribution in [1.29, 1.82) is 0 Å². The summed E-state index contributed by atoms with van der Waals surface area (Å²) in [6.07, 6.45) is 3.37. The van der Waals surface area contributed by atoms with E-state index in [9.17, 15) is 0 Å². The Morgan fingerprint density at radius 2 is 1.76 bits per heavy atom. The number of fused-ring (bicyclic) bond motifs is 1. The summed E-state index contributed by atoms with van der Waals surface area (Å²) in [7, 11) is 0. The van der Waals surface area contributed by atoms with Gasteiger partial charge in [-0.05, 0) is 56.0 Å². The van der Waals surface area contributed by atoms with Crippen molar-refractivity contribution in [3.05, 3.63) is 83.6 Å². The summed E-state index contributed by atoms with van der Waals surface area (Å²) in [5, 5.41) is 1.15. The summed E-state index contributed by atoms with van der Waals surface area (Å²) in [6, 6.07) is 20.7. The summed E-state index contributed by atoms with van der Waals surface area (Å²) in [4.78, 5) is 4.65. The Labute approximate surface area is 150 Å². The van der Waals surface area contributed by atoms with Gasteiger partial charge in [0.05, 0.1) is 11.2 Å². The standard InChI is InChI=1S/C23H25NO/c1-17(2)8-9-18(3)19-11-14-22(15-12-19)25-16-21-13-10-20-6-4-5-7-23(20)24-21/h4-8,10-15,18H,9,16H2,1-3H3. The van der Waals surface area contributed by atoms with Gasteiger partial charge in [-0.15, -0.1) is 0 Å². The molecule has 2 heteroatoms. The molecule has 0 amide bonds.